The first-order chi connectivity index (χ1) is 9.09. The molecule has 0 aliphatic heterocycles. The van der Waals surface area contributed by atoms with Gasteiger partial charge in [0.2, 0.25) is 0 Å². The Kier molecular flexibility index (Phi) is 8.10. The Morgan fingerprint density at radius 1 is 1.32 bits per heavy atom. The summed E-state index contributed by atoms with van der Waals surface area (Å²) < 4.78 is 6.46. The minimum atomic E-state index is -0.480. The minimum absolute atomic E-state index is 0.384. The smallest absolute Gasteiger partial charge is 0.0945 e. The summed E-state index contributed by atoms with van der Waals surface area (Å²) in [6, 6.07) is 7.86. The predicted octanol–water partition coefficient (Wildman–Crippen LogP) is 3.67. The molecule has 19 heavy (non-hydrogen) atoms. The molecule has 0 saturated heterocycles. The standard InChI is InChI=1S/C15H24BrNO2/c1-12(2)6-5-9-19-11-13(18)10-17-15-8-4-3-7-14(15)16/h3-4,7-8,12-13,17-18H,5-6,9-11H2,1-2H3. The number of nitrogens with one attached hydrogen (secondary N) is 1. The van der Waals surface area contributed by atoms with Crippen LogP contribution in [0.25, 0.3) is 0 Å². The second-order valence-corrected chi connectivity index (χ2v) is 5.98. The average molecular weight is 330 g/mol. The SMILES string of the molecule is CC(C)CCCOCC(O)CNc1ccccc1Br. The van der Waals surface area contributed by atoms with Crippen LogP contribution in [0.15, 0.2) is 28.7 Å². The average Bonchev–Trinajstić information content (AvgIpc) is 2.37. The van der Waals surface area contributed by atoms with Gasteiger partial charge in [-0.3, -0.25) is 0 Å². The van der Waals surface area contributed by atoms with Crippen LogP contribution in [0.4, 0.5) is 5.69 Å². The van der Waals surface area contributed by atoms with E-state index in [1.54, 1.807) is 0 Å². The highest BCUT2D eigenvalue weighted by molar-refractivity contribution is 9.10. The summed E-state index contributed by atoms with van der Waals surface area (Å²) in [4.78, 5) is 0. The molecule has 0 aliphatic carbocycles. The van der Waals surface area contributed by atoms with Gasteiger partial charge in [-0.05, 0) is 46.8 Å². The molecule has 0 fully saturated rings. The molecule has 108 valence electrons. The topological polar surface area (TPSA) is 41.5 Å². The van der Waals surface area contributed by atoms with Gasteiger partial charge in [0, 0.05) is 23.3 Å². The second kappa shape index (κ2) is 9.34. The molecule has 3 nitrogen and oxygen atoms in total. The number of para-hydroxylation sites is 1. The van der Waals surface area contributed by atoms with E-state index in [1.165, 1.54) is 6.42 Å². The molecular weight excluding hydrogens is 306 g/mol. The number of hydrogen-bond acceptors (Lipinski definition) is 3. The number of anilines is 1. The molecule has 0 heterocycles. The summed E-state index contributed by atoms with van der Waals surface area (Å²) in [5.74, 6) is 0.714. The van der Waals surface area contributed by atoms with Crippen molar-refractivity contribution in [1.82, 2.24) is 0 Å². The Bertz CT molecular complexity index is 358. The van der Waals surface area contributed by atoms with Crippen molar-refractivity contribution in [3.63, 3.8) is 0 Å². The van der Waals surface area contributed by atoms with Crippen LogP contribution in [0.1, 0.15) is 26.7 Å². The zero-order valence-corrected chi connectivity index (χ0v) is 13.3. The van der Waals surface area contributed by atoms with Gasteiger partial charge in [0.1, 0.15) is 0 Å². The molecule has 0 bridgehead atoms. The van der Waals surface area contributed by atoms with Crippen LogP contribution in [0.3, 0.4) is 0 Å². The van der Waals surface area contributed by atoms with Gasteiger partial charge in [-0.25, -0.2) is 0 Å². The van der Waals surface area contributed by atoms with E-state index in [1.807, 2.05) is 24.3 Å². The second-order valence-electron chi connectivity index (χ2n) is 5.13. The highest BCUT2D eigenvalue weighted by Gasteiger charge is 2.05. The van der Waals surface area contributed by atoms with Gasteiger partial charge in [-0.2, -0.15) is 0 Å². The Balaban J connectivity index is 2.11. The molecule has 0 spiro atoms. The first kappa shape index (κ1) is 16.5. The molecule has 0 aromatic heterocycles. The zero-order valence-electron chi connectivity index (χ0n) is 11.7. The van der Waals surface area contributed by atoms with Crippen molar-refractivity contribution in [2.75, 3.05) is 25.1 Å². The van der Waals surface area contributed by atoms with Crippen LogP contribution in [-0.2, 0) is 4.74 Å². The fraction of sp³-hybridized carbons (Fsp3) is 0.600. The molecule has 0 aliphatic rings. The van der Waals surface area contributed by atoms with Crippen LogP contribution >= 0.6 is 15.9 Å². The zero-order chi connectivity index (χ0) is 14.1. The lowest BCUT2D eigenvalue weighted by Gasteiger charge is -2.14. The summed E-state index contributed by atoms with van der Waals surface area (Å²) in [5.41, 5.74) is 0.987. The molecule has 1 unspecified atom stereocenters. The summed E-state index contributed by atoms with van der Waals surface area (Å²) in [5, 5.41) is 13.0. The quantitative estimate of drug-likeness (QED) is 0.679. The van der Waals surface area contributed by atoms with Crippen LogP contribution in [-0.4, -0.2) is 31.0 Å². The van der Waals surface area contributed by atoms with Gasteiger partial charge < -0.3 is 15.2 Å². The predicted molar refractivity (Wildman–Crippen MR) is 83.5 cm³/mol. The molecule has 4 heteroatoms. The highest BCUT2D eigenvalue weighted by Crippen LogP contribution is 2.20. The number of aliphatic hydroxyl groups is 1. The molecule has 0 amide bonds. The van der Waals surface area contributed by atoms with Crippen molar-refractivity contribution in [3.8, 4) is 0 Å². The number of benzene rings is 1. The van der Waals surface area contributed by atoms with E-state index >= 15 is 0 Å². The molecule has 1 aromatic carbocycles. The van der Waals surface area contributed by atoms with Crippen LogP contribution in [0.5, 0.6) is 0 Å². The lowest BCUT2D eigenvalue weighted by Crippen LogP contribution is -2.25. The first-order valence-electron chi connectivity index (χ1n) is 6.83. The molecule has 1 atom stereocenters. The maximum absolute atomic E-state index is 9.81. The molecule has 1 rings (SSSR count). The fourth-order valence-electron chi connectivity index (χ4n) is 1.70. The Morgan fingerprint density at radius 3 is 2.74 bits per heavy atom. The van der Waals surface area contributed by atoms with E-state index < -0.39 is 6.10 Å². The van der Waals surface area contributed by atoms with Gasteiger partial charge in [-0.1, -0.05) is 26.0 Å². The largest absolute Gasteiger partial charge is 0.389 e. The molecule has 0 radical (unpaired) electrons. The maximum atomic E-state index is 9.81. The van der Waals surface area contributed by atoms with E-state index in [4.69, 9.17) is 4.74 Å². The van der Waals surface area contributed by atoms with Gasteiger partial charge in [0.05, 0.1) is 12.7 Å². The van der Waals surface area contributed by atoms with E-state index in [2.05, 4.69) is 35.1 Å². The Morgan fingerprint density at radius 2 is 2.05 bits per heavy atom. The summed E-state index contributed by atoms with van der Waals surface area (Å²) in [6.45, 7) is 6.01. The van der Waals surface area contributed by atoms with Gasteiger partial charge in [0.15, 0.2) is 0 Å². The highest BCUT2D eigenvalue weighted by atomic mass is 79.9. The fourth-order valence-corrected chi connectivity index (χ4v) is 2.13. The van der Waals surface area contributed by atoms with Gasteiger partial charge >= 0.3 is 0 Å². The van der Waals surface area contributed by atoms with Gasteiger partial charge in [0.25, 0.3) is 0 Å². The van der Waals surface area contributed by atoms with E-state index in [-0.39, 0.29) is 0 Å². The summed E-state index contributed by atoms with van der Waals surface area (Å²) >= 11 is 3.46. The molecular formula is C15H24BrNO2. The molecule has 1 aromatic rings. The number of halogens is 1. The Labute approximate surface area is 124 Å². The number of aliphatic hydroxyl groups excluding tert-OH is 1. The lowest BCUT2D eigenvalue weighted by molar-refractivity contribution is 0.0409. The molecule has 2 N–H and O–H groups in total. The number of hydrogen-bond donors (Lipinski definition) is 2. The third-order valence-electron chi connectivity index (χ3n) is 2.78. The number of rotatable bonds is 9. The van der Waals surface area contributed by atoms with Crippen molar-refractivity contribution < 1.29 is 9.84 Å². The van der Waals surface area contributed by atoms with Crippen molar-refractivity contribution >= 4 is 21.6 Å². The van der Waals surface area contributed by atoms with Crippen LogP contribution in [0.2, 0.25) is 0 Å². The maximum Gasteiger partial charge on any atom is 0.0945 e. The summed E-state index contributed by atoms with van der Waals surface area (Å²) in [6.07, 6.45) is 1.75. The lowest BCUT2D eigenvalue weighted by atomic mass is 10.1. The van der Waals surface area contributed by atoms with E-state index in [0.717, 1.165) is 23.2 Å². The summed E-state index contributed by atoms with van der Waals surface area (Å²) in [7, 11) is 0. The van der Waals surface area contributed by atoms with Crippen molar-refractivity contribution in [2.45, 2.75) is 32.8 Å². The van der Waals surface area contributed by atoms with E-state index in [9.17, 15) is 5.11 Å². The molecule has 0 saturated carbocycles. The van der Waals surface area contributed by atoms with Gasteiger partial charge in [-0.15, -0.1) is 0 Å². The van der Waals surface area contributed by atoms with Crippen LogP contribution < -0.4 is 5.32 Å². The number of ether oxygens (including phenoxy) is 1. The van der Waals surface area contributed by atoms with Crippen LogP contribution in [0, 0.1) is 5.92 Å². The van der Waals surface area contributed by atoms with Crippen molar-refractivity contribution in [2.24, 2.45) is 5.92 Å². The van der Waals surface area contributed by atoms with E-state index in [0.29, 0.717) is 19.1 Å². The third kappa shape index (κ3) is 7.55. The van der Waals surface area contributed by atoms with Crippen molar-refractivity contribution in [1.29, 1.82) is 0 Å². The monoisotopic (exact) mass is 329 g/mol. The minimum Gasteiger partial charge on any atom is -0.389 e. The Hall–Kier alpha value is -0.580. The normalized spacial score (nSPS) is 12.7. The van der Waals surface area contributed by atoms with Crippen molar-refractivity contribution in [3.05, 3.63) is 28.7 Å². The first-order valence-corrected chi connectivity index (χ1v) is 7.63. The third-order valence-corrected chi connectivity index (χ3v) is 3.47.